The van der Waals surface area contributed by atoms with Crippen LogP contribution in [0.2, 0.25) is 0 Å². The van der Waals surface area contributed by atoms with E-state index in [9.17, 15) is 4.79 Å². The number of Topliss-reactive ketones (excluding diaryl/α,β-unsaturated/α-hetero) is 1. The molecule has 0 amide bonds. The molecule has 0 saturated carbocycles. The Morgan fingerprint density at radius 3 is 2.75 bits per heavy atom. The summed E-state index contributed by atoms with van der Waals surface area (Å²) in [6.07, 6.45) is 3.36. The summed E-state index contributed by atoms with van der Waals surface area (Å²) in [6.45, 7) is 2.05. The van der Waals surface area contributed by atoms with Crippen molar-refractivity contribution in [2.24, 2.45) is 0 Å². The average molecular weight is 266 g/mol. The lowest BCUT2D eigenvalue weighted by atomic mass is 10.2. The van der Waals surface area contributed by atoms with Crippen LogP contribution in [-0.2, 0) is 6.61 Å². The molecular weight excluding hydrogens is 252 g/mol. The second-order valence-corrected chi connectivity index (χ2v) is 4.58. The minimum Gasteiger partial charge on any atom is -0.487 e. The fraction of sp³-hybridized carbons (Fsp3) is 0.125. The molecule has 0 spiro atoms. The number of hydrogen-bond acceptors (Lipinski definition) is 3. The molecule has 0 unspecified atom stereocenters. The van der Waals surface area contributed by atoms with Crippen LogP contribution in [0.15, 0.2) is 54.9 Å². The standard InChI is InChI=1S/C16H14N2O2/c1-12(19)15-9-17-18-10-14(7-8-16(15)18)20-11-13-5-3-2-4-6-13/h2-10H,11H2,1H3. The lowest BCUT2D eigenvalue weighted by Crippen LogP contribution is -1.97. The normalized spacial score (nSPS) is 10.7. The summed E-state index contributed by atoms with van der Waals surface area (Å²) in [6, 6.07) is 13.7. The first-order valence-corrected chi connectivity index (χ1v) is 6.39. The van der Waals surface area contributed by atoms with Gasteiger partial charge in [0.05, 0.1) is 23.5 Å². The van der Waals surface area contributed by atoms with Crippen LogP contribution in [0.25, 0.3) is 5.52 Å². The molecule has 0 N–H and O–H groups in total. The minimum absolute atomic E-state index is 0.0120. The van der Waals surface area contributed by atoms with Crippen molar-refractivity contribution < 1.29 is 9.53 Å². The van der Waals surface area contributed by atoms with E-state index in [-0.39, 0.29) is 5.78 Å². The van der Waals surface area contributed by atoms with Gasteiger partial charge in [0.15, 0.2) is 5.78 Å². The Balaban J connectivity index is 1.81. The predicted octanol–water partition coefficient (Wildman–Crippen LogP) is 3.12. The first-order valence-electron chi connectivity index (χ1n) is 6.39. The number of rotatable bonds is 4. The molecule has 2 heterocycles. The van der Waals surface area contributed by atoms with E-state index >= 15 is 0 Å². The van der Waals surface area contributed by atoms with Crippen LogP contribution in [0.4, 0.5) is 0 Å². The molecule has 4 heteroatoms. The monoisotopic (exact) mass is 266 g/mol. The maximum absolute atomic E-state index is 11.4. The molecule has 1 aromatic carbocycles. The average Bonchev–Trinajstić information content (AvgIpc) is 2.89. The van der Waals surface area contributed by atoms with Crippen molar-refractivity contribution in [1.29, 1.82) is 0 Å². The summed E-state index contributed by atoms with van der Waals surface area (Å²) in [7, 11) is 0. The molecule has 3 rings (SSSR count). The first kappa shape index (κ1) is 12.4. The third-order valence-electron chi connectivity index (χ3n) is 3.12. The highest BCUT2D eigenvalue weighted by molar-refractivity contribution is 6.00. The number of fused-ring (bicyclic) bond motifs is 1. The Morgan fingerprint density at radius 1 is 1.20 bits per heavy atom. The number of carbonyl (C=O) groups is 1. The van der Waals surface area contributed by atoms with Gasteiger partial charge in [-0.2, -0.15) is 5.10 Å². The summed E-state index contributed by atoms with van der Waals surface area (Å²) >= 11 is 0. The summed E-state index contributed by atoms with van der Waals surface area (Å²) in [5.74, 6) is 0.734. The highest BCUT2D eigenvalue weighted by Gasteiger charge is 2.08. The SMILES string of the molecule is CC(=O)c1cnn2cc(OCc3ccccc3)ccc12. The Hall–Kier alpha value is -2.62. The maximum atomic E-state index is 11.4. The van der Waals surface area contributed by atoms with Gasteiger partial charge in [-0.3, -0.25) is 4.79 Å². The van der Waals surface area contributed by atoms with Crippen LogP contribution >= 0.6 is 0 Å². The third-order valence-corrected chi connectivity index (χ3v) is 3.12. The second kappa shape index (κ2) is 5.17. The van der Waals surface area contributed by atoms with Gasteiger partial charge in [0.2, 0.25) is 0 Å². The summed E-state index contributed by atoms with van der Waals surface area (Å²) in [5, 5.41) is 4.17. The van der Waals surface area contributed by atoms with E-state index in [0.717, 1.165) is 16.8 Å². The molecule has 0 atom stereocenters. The van der Waals surface area contributed by atoms with Crippen LogP contribution in [0.3, 0.4) is 0 Å². The topological polar surface area (TPSA) is 43.6 Å². The molecule has 4 nitrogen and oxygen atoms in total. The molecule has 0 fully saturated rings. The highest BCUT2D eigenvalue weighted by atomic mass is 16.5. The lowest BCUT2D eigenvalue weighted by molar-refractivity contribution is 0.101. The Morgan fingerprint density at radius 2 is 2.00 bits per heavy atom. The molecule has 0 aliphatic carbocycles. The number of benzene rings is 1. The van der Waals surface area contributed by atoms with Crippen molar-refractivity contribution in [3.63, 3.8) is 0 Å². The van der Waals surface area contributed by atoms with Crippen LogP contribution in [0.1, 0.15) is 22.8 Å². The number of pyridine rings is 1. The molecule has 3 aromatic rings. The molecule has 100 valence electrons. The van der Waals surface area contributed by atoms with Gasteiger partial charge in [-0.1, -0.05) is 30.3 Å². The van der Waals surface area contributed by atoms with E-state index in [1.165, 1.54) is 6.92 Å². The van der Waals surface area contributed by atoms with E-state index in [4.69, 9.17) is 4.74 Å². The predicted molar refractivity (Wildman–Crippen MR) is 76.0 cm³/mol. The van der Waals surface area contributed by atoms with Crippen molar-refractivity contribution in [1.82, 2.24) is 9.61 Å². The van der Waals surface area contributed by atoms with Crippen molar-refractivity contribution >= 4 is 11.3 Å². The smallest absolute Gasteiger partial charge is 0.163 e. The number of ketones is 1. The maximum Gasteiger partial charge on any atom is 0.163 e. The Bertz CT molecular complexity index is 748. The van der Waals surface area contributed by atoms with E-state index in [0.29, 0.717) is 12.2 Å². The van der Waals surface area contributed by atoms with Crippen molar-refractivity contribution in [2.45, 2.75) is 13.5 Å². The fourth-order valence-corrected chi connectivity index (χ4v) is 2.06. The quantitative estimate of drug-likeness (QED) is 0.681. The highest BCUT2D eigenvalue weighted by Crippen LogP contribution is 2.17. The van der Waals surface area contributed by atoms with E-state index in [1.54, 1.807) is 16.9 Å². The van der Waals surface area contributed by atoms with E-state index < -0.39 is 0 Å². The molecule has 0 aliphatic rings. The first-order chi connectivity index (χ1) is 9.74. The van der Waals surface area contributed by atoms with Gasteiger partial charge in [-0.05, 0) is 24.6 Å². The lowest BCUT2D eigenvalue weighted by Gasteiger charge is -2.06. The number of carbonyl (C=O) groups excluding carboxylic acids is 1. The van der Waals surface area contributed by atoms with Crippen molar-refractivity contribution in [2.75, 3.05) is 0 Å². The Kier molecular flexibility index (Phi) is 3.21. The van der Waals surface area contributed by atoms with Gasteiger partial charge in [0, 0.05) is 0 Å². The van der Waals surface area contributed by atoms with Crippen LogP contribution in [0.5, 0.6) is 5.75 Å². The van der Waals surface area contributed by atoms with Crippen LogP contribution in [-0.4, -0.2) is 15.4 Å². The zero-order chi connectivity index (χ0) is 13.9. The number of hydrogen-bond donors (Lipinski definition) is 0. The zero-order valence-corrected chi connectivity index (χ0v) is 11.1. The molecular formula is C16H14N2O2. The van der Waals surface area contributed by atoms with Gasteiger partial charge in [0.1, 0.15) is 12.4 Å². The minimum atomic E-state index is 0.0120. The van der Waals surface area contributed by atoms with Crippen LogP contribution < -0.4 is 4.74 Å². The van der Waals surface area contributed by atoms with Gasteiger partial charge >= 0.3 is 0 Å². The van der Waals surface area contributed by atoms with Crippen molar-refractivity contribution in [3.05, 3.63) is 66.0 Å². The molecule has 0 bridgehead atoms. The summed E-state index contributed by atoms with van der Waals surface area (Å²) in [4.78, 5) is 11.4. The molecule has 0 aliphatic heterocycles. The van der Waals surface area contributed by atoms with E-state index in [1.807, 2.05) is 42.5 Å². The molecule has 20 heavy (non-hydrogen) atoms. The van der Waals surface area contributed by atoms with Gasteiger partial charge in [0.25, 0.3) is 0 Å². The molecule has 0 radical (unpaired) electrons. The third kappa shape index (κ3) is 2.40. The fourth-order valence-electron chi connectivity index (χ4n) is 2.06. The number of aromatic nitrogens is 2. The van der Waals surface area contributed by atoms with Gasteiger partial charge in [-0.25, -0.2) is 4.52 Å². The summed E-state index contributed by atoms with van der Waals surface area (Å²) < 4.78 is 7.39. The zero-order valence-electron chi connectivity index (χ0n) is 11.1. The number of ether oxygens (including phenoxy) is 1. The summed E-state index contributed by atoms with van der Waals surface area (Å²) in [5.41, 5.74) is 2.53. The van der Waals surface area contributed by atoms with Crippen molar-refractivity contribution in [3.8, 4) is 5.75 Å². The second-order valence-electron chi connectivity index (χ2n) is 4.58. The van der Waals surface area contributed by atoms with Gasteiger partial charge < -0.3 is 4.74 Å². The van der Waals surface area contributed by atoms with Crippen LogP contribution in [0, 0.1) is 0 Å². The molecule has 2 aromatic heterocycles. The largest absolute Gasteiger partial charge is 0.487 e. The van der Waals surface area contributed by atoms with E-state index in [2.05, 4.69) is 5.10 Å². The van der Waals surface area contributed by atoms with Gasteiger partial charge in [-0.15, -0.1) is 0 Å². The number of nitrogens with zero attached hydrogens (tertiary/aromatic N) is 2. The molecule has 0 saturated heterocycles. The Labute approximate surface area is 116 Å².